The van der Waals surface area contributed by atoms with Crippen LogP contribution in [-0.2, 0) is 4.79 Å². The molecule has 0 aromatic carbocycles. The van der Waals surface area contributed by atoms with Crippen molar-refractivity contribution in [2.45, 2.75) is 180 Å². The van der Waals surface area contributed by atoms with Crippen molar-refractivity contribution in [3.05, 3.63) is 12.2 Å². The quantitative estimate of drug-likeness (QED) is 0.0729. The second-order valence-electron chi connectivity index (χ2n) is 10.9. The average molecular weight is 510 g/mol. The highest BCUT2D eigenvalue weighted by Gasteiger charge is 2.17. The van der Waals surface area contributed by atoms with Crippen molar-refractivity contribution in [2.75, 3.05) is 6.61 Å². The Morgan fingerprint density at radius 1 is 0.639 bits per heavy atom. The Balaban J connectivity index is 3.65. The number of unbranched alkanes of at least 4 members (excludes halogenated alkanes) is 21. The monoisotopic (exact) mass is 509 g/mol. The van der Waals surface area contributed by atoms with Gasteiger partial charge in [0.15, 0.2) is 0 Å². The third-order valence-corrected chi connectivity index (χ3v) is 7.27. The van der Waals surface area contributed by atoms with Gasteiger partial charge in [-0.25, -0.2) is 0 Å². The van der Waals surface area contributed by atoms with Gasteiger partial charge in [0, 0.05) is 6.42 Å². The number of rotatable bonds is 28. The van der Waals surface area contributed by atoms with Crippen molar-refractivity contribution in [1.29, 1.82) is 0 Å². The molecule has 214 valence electrons. The highest BCUT2D eigenvalue weighted by molar-refractivity contribution is 5.76. The predicted molar refractivity (Wildman–Crippen MR) is 156 cm³/mol. The highest BCUT2D eigenvalue weighted by Crippen LogP contribution is 2.13. The summed E-state index contributed by atoms with van der Waals surface area (Å²) in [6, 6.07) is -0.612. The van der Waals surface area contributed by atoms with Gasteiger partial charge in [-0.3, -0.25) is 4.79 Å². The lowest BCUT2D eigenvalue weighted by Gasteiger charge is -2.20. The van der Waals surface area contributed by atoms with Gasteiger partial charge in [-0.05, 0) is 19.3 Å². The Labute approximate surface area is 225 Å². The van der Waals surface area contributed by atoms with Gasteiger partial charge in [0.05, 0.1) is 18.8 Å². The summed E-state index contributed by atoms with van der Waals surface area (Å²) >= 11 is 0. The molecular weight excluding hydrogens is 446 g/mol. The van der Waals surface area contributed by atoms with Crippen molar-refractivity contribution in [3.8, 4) is 0 Å². The van der Waals surface area contributed by atoms with Crippen LogP contribution < -0.4 is 5.32 Å². The molecule has 0 rings (SSSR count). The van der Waals surface area contributed by atoms with E-state index in [1.165, 1.54) is 122 Å². The molecular formula is C32H63NO3. The zero-order valence-corrected chi connectivity index (χ0v) is 24.3. The van der Waals surface area contributed by atoms with Crippen LogP contribution in [0.3, 0.4) is 0 Å². The molecule has 0 aliphatic carbocycles. The second-order valence-corrected chi connectivity index (χ2v) is 10.9. The number of aliphatic hydroxyl groups excluding tert-OH is 2. The van der Waals surface area contributed by atoms with Gasteiger partial charge < -0.3 is 15.5 Å². The molecule has 0 aromatic rings. The fourth-order valence-electron chi connectivity index (χ4n) is 4.76. The first-order chi connectivity index (χ1) is 17.7. The van der Waals surface area contributed by atoms with Crippen molar-refractivity contribution >= 4 is 5.91 Å². The molecule has 0 fully saturated rings. The lowest BCUT2D eigenvalue weighted by molar-refractivity contribution is -0.123. The van der Waals surface area contributed by atoms with E-state index in [4.69, 9.17) is 0 Å². The normalized spacial score (nSPS) is 13.3. The zero-order chi connectivity index (χ0) is 26.5. The van der Waals surface area contributed by atoms with E-state index in [9.17, 15) is 15.0 Å². The van der Waals surface area contributed by atoms with Gasteiger partial charge in [0.1, 0.15) is 0 Å². The third-order valence-electron chi connectivity index (χ3n) is 7.27. The minimum Gasteiger partial charge on any atom is -0.394 e. The summed E-state index contributed by atoms with van der Waals surface area (Å²) in [5.41, 5.74) is 0. The molecule has 2 atom stereocenters. The minimum absolute atomic E-state index is 0.0676. The van der Waals surface area contributed by atoms with E-state index in [0.717, 1.165) is 25.7 Å². The number of hydrogen-bond acceptors (Lipinski definition) is 3. The largest absolute Gasteiger partial charge is 0.394 e. The first kappa shape index (κ1) is 35.1. The zero-order valence-electron chi connectivity index (χ0n) is 24.3. The topological polar surface area (TPSA) is 69.6 Å². The van der Waals surface area contributed by atoms with Crippen LogP contribution >= 0.6 is 0 Å². The van der Waals surface area contributed by atoms with Gasteiger partial charge in [-0.2, -0.15) is 0 Å². The molecule has 0 bridgehead atoms. The third kappa shape index (κ3) is 24.8. The van der Waals surface area contributed by atoms with E-state index >= 15 is 0 Å². The Bertz CT molecular complexity index is 480. The summed E-state index contributed by atoms with van der Waals surface area (Å²) in [7, 11) is 0. The molecule has 4 nitrogen and oxygen atoms in total. The molecule has 0 aromatic heterocycles. The van der Waals surface area contributed by atoms with Gasteiger partial charge in [0.25, 0.3) is 0 Å². The van der Waals surface area contributed by atoms with Gasteiger partial charge in [-0.15, -0.1) is 0 Å². The first-order valence-corrected chi connectivity index (χ1v) is 15.9. The average Bonchev–Trinajstić information content (AvgIpc) is 2.88. The van der Waals surface area contributed by atoms with Crippen LogP contribution in [-0.4, -0.2) is 34.9 Å². The number of nitrogens with one attached hydrogen (secondary N) is 1. The van der Waals surface area contributed by atoms with Crippen LogP contribution in [0.5, 0.6) is 0 Å². The smallest absolute Gasteiger partial charge is 0.220 e. The predicted octanol–water partition coefficient (Wildman–Crippen LogP) is 8.78. The number of hydrogen-bond donors (Lipinski definition) is 3. The first-order valence-electron chi connectivity index (χ1n) is 15.9. The maximum absolute atomic E-state index is 12.2. The molecule has 3 N–H and O–H groups in total. The summed E-state index contributed by atoms with van der Waals surface area (Å²) in [6.45, 7) is 4.27. The lowest BCUT2D eigenvalue weighted by atomic mass is 10.0. The fourth-order valence-corrected chi connectivity index (χ4v) is 4.76. The summed E-state index contributed by atoms with van der Waals surface area (Å²) in [6.07, 6.45) is 32.8. The Morgan fingerprint density at radius 2 is 1.03 bits per heavy atom. The van der Waals surface area contributed by atoms with E-state index < -0.39 is 12.1 Å². The molecule has 0 radical (unpaired) electrons. The molecule has 1 amide bonds. The maximum atomic E-state index is 12.2. The van der Waals surface area contributed by atoms with Crippen molar-refractivity contribution < 1.29 is 15.0 Å². The Hall–Kier alpha value is -0.870. The molecule has 4 heteroatoms. The molecule has 0 spiro atoms. The standard InChI is InChI=1S/C32H63NO3/c1-3-5-7-9-11-13-15-16-17-18-19-21-23-25-27-31(35)30(29-34)33-32(36)28-26-24-22-20-14-12-10-8-6-4-2/h25,27,30-31,34-35H,3-24,26,28-29H2,1-2H3,(H,33,36)/b27-25+/t30-,31+/m0/s1. The fraction of sp³-hybridized carbons (Fsp3) is 0.906. The van der Waals surface area contributed by atoms with Gasteiger partial charge in [-0.1, -0.05) is 154 Å². The van der Waals surface area contributed by atoms with Gasteiger partial charge in [0.2, 0.25) is 5.91 Å². The molecule has 0 aliphatic heterocycles. The van der Waals surface area contributed by atoms with Crippen molar-refractivity contribution in [2.24, 2.45) is 0 Å². The molecule has 0 saturated heterocycles. The summed E-state index contributed by atoms with van der Waals surface area (Å²) in [5.74, 6) is -0.0676. The van der Waals surface area contributed by atoms with Crippen LogP contribution in [0.15, 0.2) is 12.2 Å². The molecule has 0 heterocycles. The minimum atomic E-state index is -0.830. The van der Waals surface area contributed by atoms with E-state index in [1.54, 1.807) is 6.08 Å². The van der Waals surface area contributed by atoms with E-state index in [0.29, 0.717) is 6.42 Å². The van der Waals surface area contributed by atoms with E-state index in [2.05, 4.69) is 19.2 Å². The number of allylic oxidation sites excluding steroid dienone is 1. The number of carbonyl (C=O) groups excluding carboxylic acids is 1. The number of carbonyl (C=O) groups is 1. The van der Waals surface area contributed by atoms with Crippen LogP contribution in [0.25, 0.3) is 0 Å². The summed E-state index contributed by atoms with van der Waals surface area (Å²) in [5, 5.41) is 22.7. The SMILES string of the molecule is CCCCCCCCCCCCCC/C=C/[C@@H](O)[C@H](CO)NC(=O)CCCCCCCCCCCC. The second kappa shape index (κ2) is 28.7. The van der Waals surface area contributed by atoms with Gasteiger partial charge >= 0.3 is 0 Å². The molecule has 36 heavy (non-hydrogen) atoms. The number of amides is 1. The molecule has 0 saturated carbocycles. The summed E-state index contributed by atoms with van der Waals surface area (Å²) in [4.78, 5) is 12.2. The summed E-state index contributed by atoms with van der Waals surface area (Å²) < 4.78 is 0. The van der Waals surface area contributed by atoms with Crippen molar-refractivity contribution in [1.82, 2.24) is 5.32 Å². The van der Waals surface area contributed by atoms with Crippen LogP contribution in [0.1, 0.15) is 168 Å². The Morgan fingerprint density at radius 3 is 1.44 bits per heavy atom. The van der Waals surface area contributed by atoms with Crippen molar-refractivity contribution in [3.63, 3.8) is 0 Å². The lowest BCUT2D eigenvalue weighted by Crippen LogP contribution is -2.45. The number of aliphatic hydroxyl groups is 2. The van der Waals surface area contributed by atoms with Crippen LogP contribution in [0, 0.1) is 0 Å². The van der Waals surface area contributed by atoms with Crippen LogP contribution in [0.4, 0.5) is 0 Å². The van der Waals surface area contributed by atoms with Crippen LogP contribution in [0.2, 0.25) is 0 Å². The van der Waals surface area contributed by atoms with E-state index in [-0.39, 0.29) is 12.5 Å². The molecule has 0 aliphatic rings. The highest BCUT2D eigenvalue weighted by atomic mass is 16.3. The van der Waals surface area contributed by atoms with E-state index in [1.807, 2.05) is 6.08 Å². The Kier molecular flexibility index (Phi) is 28.0. The maximum Gasteiger partial charge on any atom is 0.220 e. The molecule has 0 unspecified atom stereocenters.